The Kier molecular flexibility index (Phi) is 8.15. The van der Waals surface area contributed by atoms with Crippen LogP contribution in [-0.2, 0) is 26.5 Å². The lowest BCUT2D eigenvalue weighted by Crippen LogP contribution is -2.48. The quantitative estimate of drug-likeness (QED) is 0.532. The van der Waals surface area contributed by atoms with Crippen molar-refractivity contribution in [2.75, 3.05) is 50.4 Å². The van der Waals surface area contributed by atoms with Gasteiger partial charge >= 0.3 is 0 Å². The highest BCUT2D eigenvalue weighted by Gasteiger charge is 2.26. The van der Waals surface area contributed by atoms with Crippen LogP contribution in [-0.4, -0.2) is 71.0 Å². The molecule has 182 valence electrons. The molecule has 10 heteroatoms. The molecule has 0 bridgehead atoms. The SMILES string of the molecule is CC(C)CN(CCc1ccc(F)cc1)S(=O)(=O)c1ccc(N2CCN(S(C)(=O)=O)CC2)cc1. The van der Waals surface area contributed by atoms with Gasteiger partial charge in [0.05, 0.1) is 11.2 Å². The summed E-state index contributed by atoms with van der Waals surface area (Å²) in [4.78, 5) is 2.28. The van der Waals surface area contributed by atoms with E-state index in [2.05, 4.69) is 4.90 Å². The second-order valence-corrected chi connectivity index (χ2v) is 12.7. The minimum atomic E-state index is -3.70. The lowest BCUT2D eigenvalue weighted by atomic mass is 10.1. The van der Waals surface area contributed by atoms with Gasteiger partial charge in [0.25, 0.3) is 0 Å². The predicted octanol–water partition coefficient (Wildman–Crippen LogP) is 2.80. The summed E-state index contributed by atoms with van der Waals surface area (Å²) in [7, 11) is -6.90. The van der Waals surface area contributed by atoms with Crippen molar-refractivity contribution in [3.63, 3.8) is 0 Å². The smallest absolute Gasteiger partial charge is 0.243 e. The van der Waals surface area contributed by atoms with Crippen molar-refractivity contribution < 1.29 is 21.2 Å². The highest BCUT2D eigenvalue weighted by atomic mass is 32.2. The number of rotatable bonds is 9. The lowest BCUT2D eigenvalue weighted by molar-refractivity contribution is 0.370. The molecule has 1 aliphatic rings. The van der Waals surface area contributed by atoms with Crippen LogP contribution in [0.25, 0.3) is 0 Å². The number of hydrogen-bond donors (Lipinski definition) is 0. The van der Waals surface area contributed by atoms with E-state index in [0.717, 1.165) is 11.3 Å². The number of anilines is 1. The molecule has 1 heterocycles. The Hall–Kier alpha value is -2.01. The molecular formula is C23H32FN3O4S2. The predicted molar refractivity (Wildman–Crippen MR) is 129 cm³/mol. The summed E-state index contributed by atoms with van der Waals surface area (Å²) in [5, 5.41) is 0. The summed E-state index contributed by atoms with van der Waals surface area (Å²) in [6.45, 7) is 6.56. The molecule has 0 amide bonds. The van der Waals surface area contributed by atoms with Crippen molar-refractivity contribution in [2.45, 2.75) is 25.2 Å². The number of piperazine rings is 1. The van der Waals surface area contributed by atoms with Gasteiger partial charge in [-0.3, -0.25) is 0 Å². The second kappa shape index (κ2) is 10.5. The first-order valence-corrected chi connectivity index (χ1v) is 14.3. The van der Waals surface area contributed by atoms with E-state index in [1.807, 2.05) is 13.8 Å². The highest BCUT2D eigenvalue weighted by molar-refractivity contribution is 7.89. The van der Waals surface area contributed by atoms with E-state index in [9.17, 15) is 21.2 Å². The molecule has 33 heavy (non-hydrogen) atoms. The van der Waals surface area contributed by atoms with Crippen molar-refractivity contribution in [2.24, 2.45) is 5.92 Å². The Morgan fingerprint density at radius 2 is 1.48 bits per heavy atom. The van der Waals surface area contributed by atoms with E-state index in [1.165, 1.54) is 27.0 Å². The molecule has 1 fully saturated rings. The van der Waals surface area contributed by atoms with Gasteiger partial charge in [-0.25, -0.2) is 21.2 Å². The van der Waals surface area contributed by atoms with Crippen LogP contribution in [0.2, 0.25) is 0 Å². The average molecular weight is 498 g/mol. The van der Waals surface area contributed by atoms with Gasteiger partial charge in [0.1, 0.15) is 5.82 Å². The summed E-state index contributed by atoms with van der Waals surface area (Å²) in [6.07, 6.45) is 1.70. The van der Waals surface area contributed by atoms with Gasteiger partial charge in [-0.2, -0.15) is 8.61 Å². The zero-order valence-corrected chi connectivity index (χ0v) is 20.9. The molecule has 0 aromatic heterocycles. The number of halogens is 1. The molecule has 0 unspecified atom stereocenters. The molecule has 2 aromatic carbocycles. The Balaban J connectivity index is 1.71. The Morgan fingerprint density at radius 1 is 0.909 bits per heavy atom. The highest BCUT2D eigenvalue weighted by Crippen LogP contribution is 2.23. The van der Waals surface area contributed by atoms with Crippen LogP contribution >= 0.6 is 0 Å². The molecule has 0 spiro atoms. The molecular weight excluding hydrogens is 465 g/mol. The summed E-state index contributed by atoms with van der Waals surface area (Å²) in [5.74, 6) is -0.165. The molecule has 0 saturated carbocycles. The molecule has 7 nitrogen and oxygen atoms in total. The molecule has 0 aliphatic carbocycles. The maximum Gasteiger partial charge on any atom is 0.243 e. The Morgan fingerprint density at radius 3 is 2.00 bits per heavy atom. The fraction of sp³-hybridized carbons (Fsp3) is 0.478. The number of benzene rings is 2. The standard InChI is InChI=1S/C23H32FN3O4S2/c1-19(2)18-27(13-12-20-4-6-21(24)7-5-20)33(30,31)23-10-8-22(9-11-23)25-14-16-26(17-15-25)32(3,28)29/h4-11,19H,12-18H2,1-3H3. The first-order valence-electron chi connectivity index (χ1n) is 11.0. The van der Waals surface area contributed by atoms with E-state index in [0.29, 0.717) is 45.7 Å². The van der Waals surface area contributed by atoms with Gasteiger partial charge in [0.2, 0.25) is 20.0 Å². The molecule has 1 aliphatic heterocycles. The largest absolute Gasteiger partial charge is 0.369 e. The van der Waals surface area contributed by atoms with Crippen LogP contribution in [0.4, 0.5) is 10.1 Å². The maximum absolute atomic E-state index is 13.4. The summed E-state index contributed by atoms with van der Waals surface area (Å²) in [5.41, 5.74) is 1.74. The molecule has 0 N–H and O–H groups in total. The number of nitrogens with zero attached hydrogens (tertiary/aromatic N) is 3. The van der Waals surface area contributed by atoms with Gasteiger partial charge in [-0.1, -0.05) is 26.0 Å². The average Bonchev–Trinajstić information content (AvgIpc) is 2.77. The zero-order chi connectivity index (χ0) is 24.2. The zero-order valence-electron chi connectivity index (χ0n) is 19.3. The van der Waals surface area contributed by atoms with Gasteiger partial charge < -0.3 is 4.90 Å². The third kappa shape index (κ3) is 6.75. The second-order valence-electron chi connectivity index (χ2n) is 8.78. The van der Waals surface area contributed by atoms with Gasteiger partial charge in [0.15, 0.2) is 0 Å². The monoisotopic (exact) mass is 497 g/mol. The van der Waals surface area contributed by atoms with Crippen LogP contribution in [0.15, 0.2) is 53.4 Å². The van der Waals surface area contributed by atoms with E-state index < -0.39 is 20.0 Å². The molecule has 0 radical (unpaired) electrons. The first kappa shape index (κ1) is 25.6. The molecule has 0 atom stereocenters. The fourth-order valence-electron chi connectivity index (χ4n) is 3.88. The topological polar surface area (TPSA) is 78.0 Å². The Bertz CT molecular complexity index is 1130. The summed E-state index contributed by atoms with van der Waals surface area (Å²) < 4.78 is 66.2. The minimum Gasteiger partial charge on any atom is -0.369 e. The summed E-state index contributed by atoms with van der Waals surface area (Å²) >= 11 is 0. The normalized spacial score (nSPS) is 16.0. The minimum absolute atomic E-state index is 0.151. The first-order chi connectivity index (χ1) is 15.5. The van der Waals surface area contributed by atoms with Gasteiger partial charge in [0, 0.05) is 45.0 Å². The van der Waals surface area contributed by atoms with Crippen LogP contribution in [0.3, 0.4) is 0 Å². The number of hydrogen-bond acceptors (Lipinski definition) is 5. The van der Waals surface area contributed by atoms with Crippen molar-refractivity contribution in [3.8, 4) is 0 Å². The summed E-state index contributed by atoms with van der Waals surface area (Å²) in [6, 6.07) is 12.9. The van der Waals surface area contributed by atoms with E-state index in [1.54, 1.807) is 36.4 Å². The van der Waals surface area contributed by atoms with Crippen molar-refractivity contribution >= 4 is 25.7 Å². The molecule has 2 aromatic rings. The van der Waals surface area contributed by atoms with Crippen molar-refractivity contribution in [1.29, 1.82) is 0 Å². The van der Waals surface area contributed by atoms with E-state index in [-0.39, 0.29) is 16.6 Å². The van der Waals surface area contributed by atoms with Crippen molar-refractivity contribution in [3.05, 3.63) is 59.9 Å². The van der Waals surface area contributed by atoms with Crippen LogP contribution in [0, 0.1) is 11.7 Å². The van der Waals surface area contributed by atoms with Crippen LogP contribution in [0.1, 0.15) is 19.4 Å². The fourth-order valence-corrected chi connectivity index (χ4v) is 6.31. The molecule has 1 saturated heterocycles. The lowest BCUT2D eigenvalue weighted by Gasteiger charge is -2.34. The Labute approximate surface area is 196 Å². The number of sulfonamides is 2. The molecule has 3 rings (SSSR count). The third-order valence-corrected chi connectivity index (χ3v) is 8.86. The van der Waals surface area contributed by atoms with E-state index in [4.69, 9.17) is 0 Å². The van der Waals surface area contributed by atoms with Gasteiger partial charge in [-0.15, -0.1) is 0 Å². The van der Waals surface area contributed by atoms with Gasteiger partial charge in [-0.05, 0) is 54.3 Å². The maximum atomic E-state index is 13.4. The van der Waals surface area contributed by atoms with Crippen molar-refractivity contribution in [1.82, 2.24) is 8.61 Å². The van der Waals surface area contributed by atoms with Crippen LogP contribution in [0.5, 0.6) is 0 Å². The third-order valence-electron chi connectivity index (χ3n) is 5.68. The van der Waals surface area contributed by atoms with Crippen LogP contribution < -0.4 is 4.90 Å². The van der Waals surface area contributed by atoms with E-state index >= 15 is 0 Å².